The minimum atomic E-state index is -0.507. The van der Waals surface area contributed by atoms with Crippen molar-refractivity contribution >= 4 is 51.6 Å². The summed E-state index contributed by atoms with van der Waals surface area (Å²) in [6, 6.07) is 16.7. The lowest BCUT2D eigenvalue weighted by molar-refractivity contribution is -0.113. The number of hydrogen-bond donors (Lipinski definition) is 1. The Morgan fingerprint density at radius 2 is 1.86 bits per heavy atom. The number of ether oxygens (including phenoxy) is 2. The molecule has 4 rings (SSSR count). The molecule has 0 spiro atoms. The van der Waals surface area contributed by atoms with Crippen molar-refractivity contribution in [3.8, 4) is 16.9 Å². The molecule has 36 heavy (non-hydrogen) atoms. The van der Waals surface area contributed by atoms with Gasteiger partial charge in [-0.3, -0.25) is 4.79 Å². The van der Waals surface area contributed by atoms with E-state index in [0.717, 1.165) is 5.56 Å². The van der Waals surface area contributed by atoms with E-state index >= 15 is 0 Å². The summed E-state index contributed by atoms with van der Waals surface area (Å²) in [6.07, 6.45) is 0. The molecule has 0 radical (unpaired) electrons. The Labute approximate surface area is 221 Å². The molecule has 186 valence electrons. The van der Waals surface area contributed by atoms with Crippen LogP contribution in [-0.4, -0.2) is 39.5 Å². The van der Waals surface area contributed by atoms with Crippen molar-refractivity contribution in [2.75, 3.05) is 18.2 Å². The Bertz CT molecular complexity index is 1360. The number of nitrogens with zero attached hydrogens (tertiary/aromatic N) is 3. The highest BCUT2D eigenvalue weighted by Crippen LogP contribution is 2.36. The maximum Gasteiger partial charge on any atom is 0.341 e. The number of anilines is 1. The van der Waals surface area contributed by atoms with Crippen molar-refractivity contribution < 1.29 is 19.1 Å². The van der Waals surface area contributed by atoms with Gasteiger partial charge in [-0.2, -0.15) is 0 Å². The first-order valence-electron chi connectivity index (χ1n) is 11.0. The molecule has 0 saturated heterocycles. The SMILES string of the molecule is CCn1c(COc2ccccc2Cl)nnc1SCC(=O)Nc1scc(-c2ccccc2)c1C(=O)OC. The average molecular weight is 543 g/mol. The van der Waals surface area contributed by atoms with Gasteiger partial charge >= 0.3 is 5.97 Å². The third-order valence-corrected chi connectivity index (χ3v) is 7.33. The fourth-order valence-electron chi connectivity index (χ4n) is 3.43. The van der Waals surface area contributed by atoms with Gasteiger partial charge in [-0.05, 0) is 24.6 Å². The molecule has 4 aromatic rings. The van der Waals surface area contributed by atoms with E-state index in [2.05, 4.69) is 15.5 Å². The van der Waals surface area contributed by atoms with Crippen molar-refractivity contribution in [3.63, 3.8) is 0 Å². The van der Waals surface area contributed by atoms with E-state index < -0.39 is 5.97 Å². The maximum absolute atomic E-state index is 12.8. The van der Waals surface area contributed by atoms with Crippen molar-refractivity contribution in [1.82, 2.24) is 14.8 Å². The summed E-state index contributed by atoms with van der Waals surface area (Å²) in [4.78, 5) is 25.3. The van der Waals surface area contributed by atoms with Gasteiger partial charge in [0, 0.05) is 17.5 Å². The quantitative estimate of drug-likeness (QED) is 0.200. The molecule has 0 aliphatic carbocycles. The Morgan fingerprint density at radius 3 is 2.58 bits per heavy atom. The molecule has 2 aromatic heterocycles. The minimum absolute atomic E-state index is 0.0860. The number of carbonyl (C=O) groups excluding carboxylic acids is 2. The molecule has 1 N–H and O–H groups in total. The normalized spacial score (nSPS) is 10.8. The van der Waals surface area contributed by atoms with Crippen molar-refractivity contribution in [2.45, 2.75) is 25.2 Å². The molecule has 2 heterocycles. The number of para-hydroxylation sites is 1. The third-order valence-electron chi connectivity index (χ3n) is 5.15. The fraction of sp³-hybridized carbons (Fsp3) is 0.200. The summed E-state index contributed by atoms with van der Waals surface area (Å²) in [5, 5.41) is 14.7. The van der Waals surface area contributed by atoms with Crippen LogP contribution in [0.15, 0.2) is 65.1 Å². The van der Waals surface area contributed by atoms with Crippen LogP contribution >= 0.6 is 34.7 Å². The fourth-order valence-corrected chi connectivity index (χ4v) is 5.42. The van der Waals surface area contributed by atoms with E-state index in [1.807, 2.05) is 59.3 Å². The number of thiophene rings is 1. The second kappa shape index (κ2) is 12.1. The van der Waals surface area contributed by atoms with E-state index in [0.29, 0.717) is 44.4 Å². The summed E-state index contributed by atoms with van der Waals surface area (Å²) >= 11 is 8.68. The zero-order valence-corrected chi connectivity index (χ0v) is 22.0. The van der Waals surface area contributed by atoms with Gasteiger partial charge in [0.25, 0.3) is 0 Å². The first-order valence-corrected chi connectivity index (χ1v) is 13.2. The molecule has 0 unspecified atom stereocenters. The number of amides is 1. The number of rotatable bonds is 10. The van der Waals surface area contributed by atoms with Crippen LogP contribution in [0, 0.1) is 0 Å². The van der Waals surface area contributed by atoms with Crippen LogP contribution in [0.25, 0.3) is 11.1 Å². The first-order chi connectivity index (χ1) is 17.5. The van der Waals surface area contributed by atoms with Crippen molar-refractivity contribution in [2.24, 2.45) is 0 Å². The predicted octanol–water partition coefficient (Wildman–Crippen LogP) is 5.78. The van der Waals surface area contributed by atoms with Crippen LogP contribution < -0.4 is 10.1 Å². The molecule has 0 saturated carbocycles. The highest BCUT2D eigenvalue weighted by Gasteiger charge is 2.23. The lowest BCUT2D eigenvalue weighted by atomic mass is 10.0. The van der Waals surface area contributed by atoms with Gasteiger partial charge in [-0.1, -0.05) is 65.8 Å². The molecular weight excluding hydrogens is 520 g/mol. The van der Waals surface area contributed by atoms with Crippen molar-refractivity contribution in [1.29, 1.82) is 0 Å². The number of halogens is 1. The third kappa shape index (κ3) is 5.89. The molecule has 0 fully saturated rings. The van der Waals surface area contributed by atoms with E-state index in [1.165, 1.54) is 30.2 Å². The number of aromatic nitrogens is 3. The molecule has 0 aliphatic rings. The number of hydrogen-bond acceptors (Lipinski definition) is 8. The van der Waals surface area contributed by atoms with Crippen LogP contribution in [0.3, 0.4) is 0 Å². The number of esters is 1. The van der Waals surface area contributed by atoms with E-state index in [4.69, 9.17) is 21.1 Å². The van der Waals surface area contributed by atoms with Gasteiger partial charge in [0.05, 0.1) is 17.9 Å². The number of nitrogens with one attached hydrogen (secondary N) is 1. The van der Waals surface area contributed by atoms with E-state index in [-0.39, 0.29) is 18.3 Å². The van der Waals surface area contributed by atoms with Crippen LogP contribution in [0.1, 0.15) is 23.1 Å². The summed E-state index contributed by atoms with van der Waals surface area (Å²) in [5.74, 6) is 0.491. The van der Waals surface area contributed by atoms with Crippen molar-refractivity contribution in [3.05, 3.63) is 76.4 Å². The minimum Gasteiger partial charge on any atom is -0.484 e. The smallest absolute Gasteiger partial charge is 0.341 e. The van der Waals surface area contributed by atoms with Gasteiger partial charge < -0.3 is 19.4 Å². The maximum atomic E-state index is 12.8. The van der Waals surface area contributed by atoms with E-state index in [9.17, 15) is 9.59 Å². The highest BCUT2D eigenvalue weighted by atomic mass is 35.5. The second-order valence-electron chi connectivity index (χ2n) is 7.41. The summed E-state index contributed by atoms with van der Waals surface area (Å²) in [7, 11) is 1.32. The molecule has 8 nitrogen and oxygen atoms in total. The lowest BCUT2D eigenvalue weighted by Crippen LogP contribution is -2.16. The van der Waals surface area contributed by atoms with Gasteiger partial charge in [-0.15, -0.1) is 21.5 Å². The summed E-state index contributed by atoms with van der Waals surface area (Å²) in [5.41, 5.74) is 1.92. The van der Waals surface area contributed by atoms with Crippen LogP contribution in [0.2, 0.25) is 5.02 Å². The molecule has 0 aliphatic heterocycles. The van der Waals surface area contributed by atoms with Crippen LogP contribution in [0.4, 0.5) is 5.00 Å². The molecule has 0 bridgehead atoms. The van der Waals surface area contributed by atoms with Crippen LogP contribution in [-0.2, 0) is 22.7 Å². The second-order valence-corrected chi connectivity index (χ2v) is 9.64. The lowest BCUT2D eigenvalue weighted by Gasteiger charge is -2.10. The summed E-state index contributed by atoms with van der Waals surface area (Å²) in [6.45, 7) is 2.76. The van der Waals surface area contributed by atoms with Gasteiger partial charge in [0.2, 0.25) is 5.91 Å². The first kappa shape index (κ1) is 25.7. The van der Waals surface area contributed by atoms with Gasteiger partial charge in [0.1, 0.15) is 22.9 Å². The molecular formula is C25H23ClN4O4S2. The topological polar surface area (TPSA) is 95.3 Å². The number of methoxy groups -OCH3 is 1. The van der Waals surface area contributed by atoms with Gasteiger partial charge in [-0.25, -0.2) is 4.79 Å². The van der Waals surface area contributed by atoms with Gasteiger partial charge in [0.15, 0.2) is 11.0 Å². The molecule has 2 aromatic carbocycles. The molecule has 1 amide bonds. The average Bonchev–Trinajstić information content (AvgIpc) is 3.50. The number of carbonyl (C=O) groups is 2. The Balaban J connectivity index is 1.42. The number of benzene rings is 2. The monoisotopic (exact) mass is 542 g/mol. The van der Waals surface area contributed by atoms with E-state index in [1.54, 1.807) is 12.1 Å². The standard InChI is InChI=1S/C25H23ClN4O4S2/c1-3-30-20(13-34-19-12-8-7-11-18(19)26)28-29-25(30)36-15-21(31)27-23-22(24(32)33-2)17(14-35-23)16-9-5-4-6-10-16/h4-12,14H,3,13,15H2,1-2H3,(H,27,31). The van der Waals surface area contributed by atoms with Crippen LogP contribution in [0.5, 0.6) is 5.75 Å². The summed E-state index contributed by atoms with van der Waals surface area (Å²) < 4.78 is 12.6. The zero-order valence-electron chi connectivity index (χ0n) is 19.6. The Hall–Kier alpha value is -3.34. The molecule has 0 atom stereocenters. The number of thioether (sulfide) groups is 1. The predicted molar refractivity (Wildman–Crippen MR) is 142 cm³/mol. The Kier molecular flexibility index (Phi) is 8.63. The molecule has 11 heteroatoms. The largest absolute Gasteiger partial charge is 0.484 e. The highest BCUT2D eigenvalue weighted by molar-refractivity contribution is 7.99. The Morgan fingerprint density at radius 1 is 1.11 bits per heavy atom. The zero-order chi connectivity index (χ0) is 25.5.